The number of hydrogen-bond donors (Lipinski definition) is 0. The fourth-order valence-corrected chi connectivity index (χ4v) is 1.37. The fraction of sp³-hybridized carbons (Fsp3) is 0.222. The molecule has 3 heteroatoms. The van der Waals surface area contributed by atoms with Crippen LogP contribution >= 0.6 is 0 Å². The normalized spacial score (nSPS) is 21.7. The Hall–Kier alpha value is -1.51. The Morgan fingerprint density at radius 1 is 1.33 bits per heavy atom. The molecule has 0 aromatic rings. The third-order valence-corrected chi connectivity index (χ3v) is 1.98. The molecular formula is C9H8NO2+. The predicted molar refractivity (Wildman–Crippen MR) is 43.7 cm³/mol. The third-order valence-electron chi connectivity index (χ3n) is 1.98. The van der Waals surface area contributed by atoms with Gasteiger partial charge in [0.2, 0.25) is 13.1 Å². The number of nitroso groups, excluding NO2 is 1. The van der Waals surface area contributed by atoms with Crippen molar-refractivity contribution in [1.82, 2.24) is 0 Å². The molecule has 0 unspecified atom stereocenters. The second-order valence-corrected chi connectivity index (χ2v) is 2.89. The summed E-state index contributed by atoms with van der Waals surface area (Å²) in [6.45, 7) is 0.757. The van der Waals surface area contributed by atoms with Crippen LogP contribution in [-0.2, 0) is 4.79 Å². The van der Waals surface area contributed by atoms with Crippen molar-refractivity contribution in [3.63, 3.8) is 0 Å². The van der Waals surface area contributed by atoms with E-state index >= 15 is 0 Å². The largest absolute Gasteiger partial charge is 0.290 e. The van der Waals surface area contributed by atoms with Crippen LogP contribution in [0, 0.1) is 4.91 Å². The van der Waals surface area contributed by atoms with Gasteiger partial charge in [-0.15, -0.1) is 0 Å². The Kier molecular flexibility index (Phi) is 1.50. The molecule has 0 radical (unpaired) electrons. The monoisotopic (exact) mass is 162 g/mol. The molecule has 0 atom stereocenters. The zero-order valence-corrected chi connectivity index (χ0v) is 6.49. The number of fused-ring (bicyclic) bond motifs is 1. The van der Waals surface area contributed by atoms with Gasteiger partial charge in [-0.25, -0.2) is 0 Å². The van der Waals surface area contributed by atoms with Gasteiger partial charge in [0, 0.05) is 15.2 Å². The average Bonchev–Trinajstić information content (AvgIpc) is 2.03. The molecular weight excluding hydrogens is 154 g/mol. The van der Waals surface area contributed by atoms with Gasteiger partial charge in [0.1, 0.15) is 0 Å². The zero-order chi connectivity index (χ0) is 8.55. The number of hydrogen-bond acceptors (Lipinski definition) is 2. The molecule has 2 rings (SSSR count). The topological polar surface area (TPSA) is 37.1 Å². The van der Waals surface area contributed by atoms with Crippen LogP contribution in [0.5, 0.6) is 0 Å². The first-order chi connectivity index (χ1) is 5.75. The number of nitrogens with zero attached hydrogens (tertiary/aromatic N) is 1. The summed E-state index contributed by atoms with van der Waals surface area (Å²) >= 11 is 0. The highest BCUT2D eigenvalue weighted by molar-refractivity contribution is 6.02. The van der Waals surface area contributed by atoms with E-state index in [4.69, 9.17) is 0 Å². The minimum absolute atomic E-state index is 0.0301. The summed E-state index contributed by atoms with van der Waals surface area (Å²) < 4.78 is 0.932. The lowest BCUT2D eigenvalue weighted by atomic mass is 9.96. The molecule has 0 N–H and O–H groups in total. The van der Waals surface area contributed by atoms with E-state index in [-0.39, 0.29) is 5.78 Å². The lowest BCUT2D eigenvalue weighted by molar-refractivity contribution is -0.532. The van der Waals surface area contributed by atoms with E-state index in [1.807, 2.05) is 6.08 Å². The highest BCUT2D eigenvalue weighted by Gasteiger charge is 2.22. The summed E-state index contributed by atoms with van der Waals surface area (Å²) in [5.74, 6) is -0.0301. The summed E-state index contributed by atoms with van der Waals surface area (Å²) in [4.78, 5) is 21.8. The van der Waals surface area contributed by atoms with Crippen LogP contribution in [0.1, 0.15) is 0 Å². The number of rotatable bonds is 0. The SMILES string of the molecule is O=C1C=CC2=CC[N+](=O)CC2=C1. The van der Waals surface area contributed by atoms with Crippen LogP contribution < -0.4 is 0 Å². The van der Waals surface area contributed by atoms with Crippen LogP contribution in [0.15, 0.2) is 35.5 Å². The lowest BCUT2D eigenvalue weighted by Crippen LogP contribution is -2.20. The van der Waals surface area contributed by atoms with Crippen LogP contribution in [0.3, 0.4) is 0 Å². The van der Waals surface area contributed by atoms with Gasteiger partial charge in [-0.05, 0) is 23.8 Å². The van der Waals surface area contributed by atoms with Crippen molar-refractivity contribution in [3.05, 3.63) is 40.4 Å². The second kappa shape index (κ2) is 2.52. The van der Waals surface area contributed by atoms with Crippen LogP contribution in [0.25, 0.3) is 0 Å². The molecule has 1 aliphatic heterocycles. The molecule has 0 amide bonds. The highest BCUT2D eigenvalue weighted by atomic mass is 16.3. The van der Waals surface area contributed by atoms with Gasteiger partial charge >= 0.3 is 0 Å². The van der Waals surface area contributed by atoms with Gasteiger partial charge in [-0.2, -0.15) is 0 Å². The number of carbonyl (C=O) groups is 1. The van der Waals surface area contributed by atoms with Crippen molar-refractivity contribution in [2.24, 2.45) is 0 Å². The number of carbonyl (C=O) groups excluding carboxylic acids is 1. The molecule has 0 saturated carbocycles. The molecule has 0 saturated heterocycles. The van der Waals surface area contributed by atoms with Gasteiger partial charge in [0.25, 0.3) is 0 Å². The molecule has 60 valence electrons. The maximum atomic E-state index is 10.9. The molecule has 0 aromatic carbocycles. The zero-order valence-electron chi connectivity index (χ0n) is 6.49. The first kappa shape index (κ1) is 7.16. The summed E-state index contributed by atoms with van der Waals surface area (Å²) in [6, 6.07) is 0. The van der Waals surface area contributed by atoms with E-state index < -0.39 is 0 Å². The van der Waals surface area contributed by atoms with E-state index in [1.54, 1.807) is 6.08 Å². The van der Waals surface area contributed by atoms with Crippen molar-refractivity contribution in [2.45, 2.75) is 0 Å². The Morgan fingerprint density at radius 2 is 2.17 bits per heavy atom. The Morgan fingerprint density at radius 3 is 3.00 bits per heavy atom. The molecule has 2 aliphatic rings. The Bertz CT molecular complexity index is 348. The maximum absolute atomic E-state index is 10.9. The second-order valence-electron chi connectivity index (χ2n) is 2.89. The summed E-state index contributed by atoms with van der Waals surface area (Å²) in [6.07, 6.45) is 6.65. The van der Waals surface area contributed by atoms with Crippen molar-refractivity contribution in [3.8, 4) is 0 Å². The Balaban J connectivity index is 2.41. The van der Waals surface area contributed by atoms with Gasteiger partial charge in [0.15, 0.2) is 5.78 Å². The van der Waals surface area contributed by atoms with E-state index in [2.05, 4.69) is 0 Å². The highest BCUT2D eigenvalue weighted by Crippen LogP contribution is 2.19. The van der Waals surface area contributed by atoms with Crippen LogP contribution in [0.2, 0.25) is 0 Å². The Labute approximate surface area is 69.6 Å². The third kappa shape index (κ3) is 1.13. The molecule has 1 heterocycles. The number of allylic oxidation sites excluding steroid dienone is 3. The van der Waals surface area contributed by atoms with E-state index in [1.165, 1.54) is 12.2 Å². The standard InChI is InChI=1S/C9H8NO2/c11-9-2-1-7-3-4-10(12)6-8(7)5-9/h1-3,5H,4,6H2/q+1. The first-order valence-electron chi connectivity index (χ1n) is 3.81. The smallest absolute Gasteiger partial charge is 0.218 e. The van der Waals surface area contributed by atoms with E-state index in [9.17, 15) is 9.70 Å². The van der Waals surface area contributed by atoms with Gasteiger partial charge < -0.3 is 0 Å². The average molecular weight is 162 g/mol. The molecule has 1 aliphatic carbocycles. The molecule has 12 heavy (non-hydrogen) atoms. The van der Waals surface area contributed by atoms with Crippen LogP contribution in [0.4, 0.5) is 0 Å². The number of ketones is 1. The molecule has 0 spiro atoms. The molecule has 0 bridgehead atoms. The van der Waals surface area contributed by atoms with Crippen molar-refractivity contribution >= 4 is 5.78 Å². The van der Waals surface area contributed by atoms with E-state index in [0.29, 0.717) is 13.1 Å². The summed E-state index contributed by atoms with van der Waals surface area (Å²) in [7, 11) is 0. The van der Waals surface area contributed by atoms with Gasteiger partial charge in [-0.1, -0.05) is 6.08 Å². The van der Waals surface area contributed by atoms with Crippen molar-refractivity contribution in [1.29, 1.82) is 0 Å². The van der Waals surface area contributed by atoms with Gasteiger partial charge in [-0.3, -0.25) is 4.79 Å². The van der Waals surface area contributed by atoms with Crippen LogP contribution in [-0.4, -0.2) is 23.6 Å². The lowest BCUT2D eigenvalue weighted by Gasteiger charge is -2.10. The first-order valence-corrected chi connectivity index (χ1v) is 3.81. The van der Waals surface area contributed by atoms with Crippen molar-refractivity contribution < 1.29 is 9.55 Å². The molecule has 0 aromatic heterocycles. The quantitative estimate of drug-likeness (QED) is 0.493. The molecule has 0 fully saturated rings. The maximum Gasteiger partial charge on any atom is 0.218 e. The minimum Gasteiger partial charge on any atom is -0.290 e. The van der Waals surface area contributed by atoms with Crippen molar-refractivity contribution in [2.75, 3.05) is 13.1 Å². The fourth-order valence-electron chi connectivity index (χ4n) is 1.37. The van der Waals surface area contributed by atoms with E-state index in [0.717, 1.165) is 15.9 Å². The predicted octanol–water partition coefficient (Wildman–Crippen LogP) is 0.771. The molecule has 3 nitrogen and oxygen atoms in total. The summed E-state index contributed by atoms with van der Waals surface area (Å²) in [5, 5.41) is 0. The van der Waals surface area contributed by atoms with Gasteiger partial charge in [0.05, 0.1) is 0 Å². The minimum atomic E-state index is -0.0301. The summed E-state index contributed by atoms with van der Waals surface area (Å²) in [5.41, 5.74) is 1.85.